The molecule has 0 fully saturated rings. The van der Waals surface area contributed by atoms with Gasteiger partial charge in [0.05, 0.1) is 16.8 Å². The topological polar surface area (TPSA) is 86.8 Å². The molecule has 0 saturated carbocycles. The Kier molecular flexibility index (Phi) is 5.58. The van der Waals surface area contributed by atoms with Gasteiger partial charge in [-0.15, -0.1) is 0 Å². The van der Waals surface area contributed by atoms with Crippen LogP contribution >= 0.6 is 0 Å². The first-order chi connectivity index (χ1) is 17.7. The lowest BCUT2D eigenvalue weighted by Crippen LogP contribution is -2.21. The Morgan fingerprint density at radius 2 is 1.75 bits per heavy atom. The van der Waals surface area contributed by atoms with Crippen molar-refractivity contribution in [2.45, 2.75) is 12.8 Å². The van der Waals surface area contributed by atoms with Crippen molar-refractivity contribution in [3.05, 3.63) is 95.2 Å². The Hall–Kier alpha value is -4.65. The van der Waals surface area contributed by atoms with Crippen LogP contribution in [-0.4, -0.2) is 30.3 Å². The van der Waals surface area contributed by atoms with Crippen LogP contribution in [0.25, 0.3) is 22.6 Å². The summed E-state index contributed by atoms with van der Waals surface area (Å²) in [5.41, 5.74) is 5.45. The molecule has 0 atom stereocenters. The van der Waals surface area contributed by atoms with Crippen molar-refractivity contribution >= 4 is 40.1 Å². The Morgan fingerprint density at radius 3 is 2.64 bits per heavy atom. The Bertz CT molecular complexity index is 1530. The van der Waals surface area contributed by atoms with E-state index in [1.165, 1.54) is 0 Å². The average Bonchev–Trinajstić information content (AvgIpc) is 3.53. The SMILES string of the molecule is O=C(COC(=O)c1c2c(nc3ccccc13)/C(=C/c1ccc3c(c1)OCO3)CC2)Nc1ccccc1. The van der Waals surface area contributed by atoms with Gasteiger partial charge in [0.15, 0.2) is 18.1 Å². The fourth-order valence-corrected chi connectivity index (χ4v) is 4.64. The van der Waals surface area contributed by atoms with Crippen LogP contribution in [0.2, 0.25) is 0 Å². The van der Waals surface area contributed by atoms with Gasteiger partial charge in [-0.2, -0.15) is 0 Å². The third-order valence-electron chi connectivity index (χ3n) is 6.28. The van der Waals surface area contributed by atoms with E-state index >= 15 is 0 Å². The van der Waals surface area contributed by atoms with E-state index in [2.05, 4.69) is 11.4 Å². The van der Waals surface area contributed by atoms with E-state index in [9.17, 15) is 9.59 Å². The molecule has 6 rings (SSSR count). The van der Waals surface area contributed by atoms with Gasteiger partial charge in [0.25, 0.3) is 5.91 Å². The van der Waals surface area contributed by atoms with Crippen molar-refractivity contribution in [3.63, 3.8) is 0 Å². The highest BCUT2D eigenvalue weighted by Crippen LogP contribution is 2.39. The van der Waals surface area contributed by atoms with Gasteiger partial charge in [0.2, 0.25) is 6.79 Å². The number of nitrogens with one attached hydrogen (secondary N) is 1. The lowest BCUT2D eigenvalue weighted by Gasteiger charge is -2.12. The predicted molar refractivity (Wildman–Crippen MR) is 136 cm³/mol. The fourth-order valence-electron chi connectivity index (χ4n) is 4.64. The number of anilines is 1. The highest BCUT2D eigenvalue weighted by Gasteiger charge is 2.28. The fraction of sp³-hybridized carbons (Fsp3) is 0.138. The minimum absolute atomic E-state index is 0.223. The predicted octanol–water partition coefficient (Wildman–Crippen LogP) is 5.25. The molecule has 1 aromatic heterocycles. The van der Waals surface area contributed by atoms with E-state index in [4.69, 9.17) is 19.2 Å². The maximum atomic E-state index is 13.3. The van der Waals surface area contributed by atoms with Gasteiger partial charge in [-0.3, -0.25) is 4.79 Å². The Morgan fingerprint density at radius 1 is 0.944 bits per heavy atom. The number of carbonyl (C=O) groups excluding carboxylic acids is 2. The lowest BCUT2D eigenvalue weighted by atomic mass is 10.0. The zero-order valence-corrected chi connectivity index (χ0v) is 19.3. The highest BCUT2D eigenvalue weighted by molar-refractivity contribution is 6.08. The number of hydrogen-bond donors (Lipinski definition) is 1. The van der Waals surface area contributed by atoms with Crippen molar-refractivity contribution in [1.82, 2.24) is 4.98 Å². The number of rotatable bonds is 5. The number of fused-ring (bicyclic) bond motifs is 3. The van der Waals surface area contributed by atoms with Crippen LogP contribution in [0.3, 0.4) is 0 Å². The second-order valence-electron chi connectivity index (χ2n) is 8.60. The molecule has 7 heteroatoms. The number of amides is 1. The van der Waals surface area contributed by atoms with E-state index in [1.807, 2.05) is 60.7 Å². The first-order valence-electron chi connectivity index (χ1n) is 11.7. The summed E-state index contributed by atoms with van der Waals surface area (Å²) < 4.78 is 16.4. The van der Waals surface area contributed by atoms with Crippen LogP contribution in [-0.2, 0) is 16.0 Å². The Balaban J connectivity index is 1.30. The first-order valence-corrected chi connectivity index (χ1v) is 11.7. The van der Waals surface area contributed by atoms with Crippen LogP contribution in [0.15, 0.2) is 72.8 Å². The number of pyridine rings is 1. The molecule has 36 heavy (non-hydrogen) atoms. The van der Waals surface area contributed by atoms with Gasteiger partial charge >= 0.3 is 5.97 Å². The molecular formula is C29H22N2O5. The van der Waals surface area contributed by atoms with Crippen molar-refractivity contribution < 1.29 is 23.8 Å². The van der Waals surface area contributed by atoms with Crippen molar-refractivity contribution in [2.75, 3.05) is 18.7 Å². The van der Waals surface area contributed by atoms with Crippen LogP contribution < -0.4 is 14.8 Å². The summed E-state index contributed by atoms with van der Waals surface area (Å²) in [4.78, 5) is 30.5. The number of carbonyl (C=O) groups is 2. The van der Waals surface area contributed by atoms with Gasteiger partial charge in [-0.1, -0.05) is 42.5 Å². The second kappa shape index (κ2) is 9.19. The van der Waals surface area contributed by atoms with Crippen molar-refractivity contribution in [3.8, 4) is 11.5 Å². The van der Waals surface area contributed by atoms with E-state index in [0.29, 0.717) is 34.3 Å². The number of ether oxygens (including phenoxy) is 3. The zero-order valence-electron chi connectivity index (χ0n) is 19.3. The van der Waals surface area contributed by atoms with E-state index in [0.717, 1.165) is 34.6 Å². The maximum absolute atomic E-state index is 13.3. The molecule has 178 valence electrons. The number of allylic oxidation sites excluding steroid dienone is 1. The van der Waals surface area contributed by atoms with Crippen LogP contribution in [0.5, 0.6) is 11.5 Å². The number of benzene rings is 3. The van der Waals surface area contributed by atoms with Crippen LogP contribution in [0.1, 0.15) is 33.6 Å². The Labute approximate surface area is 207 Å². The van der Waals surface area contributed by atoms with Gasteiger partial charge in [0.1, 0.15) is 0 Å². The number of hydrogen-bond acceptors (Lipinski definition) is 6. The molecule has 0 spiro atoms. The number of para-hydroxylation sites is 2. The third-order valence-corrected chi connectivity index (χ3v) is 6.28. The lowest BCUT2D eigenvalue weighted by molar-refractivity contribution is -0.119. The molecule has 0 bridgehead atoms. The number of nitrogens with zero attached hydrogens (tertiary/aromatic N) is 1. The van der Waals surface area contributed by atoms with E-state index in [1.54, 1.807) is 12.1 Å². The molecule has 1 aliphatic carbocycles. The van der Waals surface area contributed by atoms with Gasteiger partial charge < -0.3 is 19.5 Å². The third kappa shape index (κ3) is 4.15. The summed E-state index contributed by atoms with van der Waals surface area (Å²) in [6.45, 7) is -0.153. The van der Waals surface area contributed by atoms with Crippen LogP contribution in [0, 0.1) is 0 Å². The molecule has 7 nitrogen and oxygen atoms in total. The quantitative estimate of drug-likeness (QED) is 0.395. The molecule has 2 aliphatic rings. The monoisotopic (exact) mass is 478 g/mol. The minimum atomic E-state index is -0.530. The molecule has 1 aliphatic heterocycles. The summed E-state index contributed by atoms with van der Waals surface area (Å²) in [5.74, 6) is 0.520. The van der Waals surface area contributed by atoms with Crippen molar-refractivity contribution in [1.29, 1.82) is 0 Å². The number of aromatic nitrogens is 1. The largest absolute Gasteiger partial charge is 0.454 e. The van der Waals surface area contributed by atoms with Crippen LogP contribution in [0.4, 0.5) is 5.69 Å². The molecule has 3 aromatic carbocycles. The van der Waals surface area contributed by atoms with Gasteiger partial charge in [-0.05, 0) is 65.9 Å². The average molecular weight is 479 g/mol. The molecular weight excluding hydrogens is 456 g/mol. The minimum Gasteiger partial charge on any atom is -0.454 e. The number of esters is 1. The molecule has 4 aromatic rings. The summed E-state index contributed by atoms with van der Waals surface area (Å²) in [7, 11) is 0. The second-order valence-corrected chi connectivity index (χ2v) is 8.60. The van der Waals surface area contributed by atoms with Crippen molar-refractivity contribution in [2.24, 2.45) is 0 Å². The maximum Gasteiger partial charge on any atom is 0.339 e. The molecule has 0 unspecified atom stereocenters. The van der Waals surface area contributed by atoms with E-state index < -0.39 is 11.9 Å². The normalized spacial score (nSPS) is 14.6. The summed E-state index contributed by atoms with van der Waals surface area (Å²) in [6.07, 6.45) is 3.46. The van der Waals surface area contributed by atoms with Gasteiger partial charge in [-0.25, -0.2) is 9.78 Å². The molecule has 0 radical (unpaired) electrons. The molecule has 0 saturated heterocycles. The smallest absolute Gasteiger partial charge is 0.339 e. The molecule has 2 heterocycles. The standard InChI is InChI=1S/C29H22N2O5/c32-26(30-20-6-2-1-3-7-20)16-34-29(33)27-21-8-4-5-9-23(21)31-28-19(11-12-22(27)28)14-18-10-13-24-25(15-18)36-17-35-24/h1-10,13-15H,11-12,16-17H2,(H,30,32)/b19-14+. The van der Waals surface area contributed by atoms with E-state index in [-0.39, 0.29) is 13.4 Å². The summed E-state index contributed by atoms with van der Waals surface area (Å²) >= 11 is 0. The summed E-state index contributed by atoms with van der Waals surface area (Å²) in [6, 6.07) is 22.4. The first kappa shape index (κ1) is 21.9. The highest BCUT2D eigenvalue weighted by atomic mass is 16.7. The summed E-state index contributed by atoms with van der Waals surface area (Å²) in [5, 5.41) is 3.45. The molecule has 1 amide bonds. The molecule has 1 N–H and O–H groups in total. The van der Waals surface area contributed by atoms with Gasteiger partial charge in [0, 0.05) is 11.1 Å². The zero-order chi connectivity index (χ0) is 24.5.